The van der Waals surface area contributed by atoms with Crippen molar-refractivity contribution in [2.45, 2.75) is 13.5 Å². The third kappa shape index (κ3) is 3.37. The molecule has 0 bridgehead atoms. The summed E-state index contributed by atoms with van der Waals surface area (Å²) < 4.78 is 13.4. The van der Waals surface area contributed by atoms with Crippen LogP contribution in [-0.2, 0) is 6.54 Å². The Morgan fingerprint density at radius 2 is 1.70 bits per heavy atom. The summed E-state index contributed by atoms with van der Waals surface area (Å²) in [5, 5.41) is 0. The highest BCUT2D eigenvalue weighted by atomic mass is 19.1. The van der Waals surface area contributed by atoms with E-state index in [-0.39, 0.29) is 5.82 Å². The molecule has 134 valence electrons. The van der Waals surface area contributed by atoms with Gasteiger partial charge in [0.15, 0.2) is 0 Å². The Labute approximate surface area is 156 Å². The first-order valence-corrected chi connectivity index (χ1v) is 8.72. The molecule has 0 radical (unpaired) electrons. The maximum absolute atomic E-state index is 13.4. The van der Waals surface area contributed by atoms with Crippen molar-refractivity contribution in [2.75, 3.05) is 0 Å². The third-order valence-corrected chi connectivity index (χ3v) is 4.57. The van der Waals surface area contributed by atoms with Crippen molar-refractivity contribution in [3.63, 3.8) is 0 Å². The highest BCUT2D eigenvalue weighted by Gasteiger charge is 2.16. The molecule has 27 heavy (non-hydrogen) atoms. The number of halogens is 1. The highest BCUT2D eigenvalue weighted by molar-refractivity contribution is 5.81. The summed E-state index contributed by atoms with van der Waals surface area (Å²) in [5.41, 5.74) is 12.4. The lowest BCUT2D eigenvalue weighted by molar-refractivity contribution is 0.628. The van der Waals surface area contributed by atoms with Crippen molar-refractivity contribution in [2.24, 2.45) is 5.73 Å². The van der Waals surface area contributed by atoms with Gasteiger partial charge < -0.3 is 10.7 Å². The molecule has 0 aliphatic carbocycles. The minimum atomic E-state index is -0.270. The number of hydrogen-bond acceptors (Lipinski definition) is 3. The molecular formula is C22H19FN4. The Morgan fingerprint density at radius 3 is 2.37 bits per heavy atom. The van der Waals surface area contributed by atoms with Crippen molar-refractivity contribution in [1.82, 2.24) is 15.0 Å². The fourth-order valence-corrected chi connectivity index (χ4v) is 3.16. The number of rotatable bonds is 4. The van der Waals surface area contributed by atoms with Crippen LogP contribution in [0.25, 0.3) is 33.9 Å². The summed E-state index contributed by atoms with van der Waals surface area (Å²) in [6.45, 7) is 2.54. The molecule has 0 aliphatic heterocycles. The van der Waals surface area contributed by atoms with Crippen molar-refractivity contribution in [3.8, 4) is 33.9 Å². The highest BCUT2D eigenvalue weighted by Crippen LogP contribution is 2.33. The van der Waals surface area contributed by atoms with Gasteiger partial charge in [0.1, 0.15) is 11.6 Å². The first-order chi connectivity index (χ1) is 13.2. The lowest BCUT2D eigenvalue weighted by atomic mass is 10.0. The second kappa shape index (κ2) is 7.13. The molecule has 0 fully saturated rings. The van der Waals surface area contributed by atoms with E-state index < -0.39 is 0 Å². The first-order valence-electron chi connectivity index (χ1n) is 8.72. The zero-order valence-corrected chi connectivity index (χ0v) is 14.9. The predicted octanol–water partition coefficient (Wildman–Crippen LogP) is 4.71. The van der Waals surface area contributed by atoms with E-state index in [2.05, 4.69) is 16.0 Å². The average molecular weight is 358 g/mol. The Morgan fingerprint density at radius 1 is 0.963 bits per heavy atom. The Kier molecular flexibility index (Phi) is 4.52. The fourth-order valence-electron chi connectivity index (χ4n) is 3.16. The maximum atomic E-state index is 13.4. The van der Waals surface area contributed by atoms with Crippen molar-refractivity contribution in [3.05, 3.63) is 83.9 Å². The summed E-state index contributed by atoms with van der Waals surface area (Å²) in [7, 11) is 0. The van der Waals surface area contributed by atoms with E-state index in [1.807, 2.05) is 31.2 Å². The summed E-state index contributed by atoms with van der Waals surface area (Å²) >= 11 is 0. The van der Waals surface area contributed by atoms with Crippen LogP contribution in [-0.4, -0.2) is 15.0 Å². The van der Waals surface area contributed by atoms with Crippen LogP contribution in [0.5, 0.6) is 0 Å². The number of nitrogens with one attached hydrogen (secondary N) is 1. The zero-order chi connectivity index (χ0) is 18.8. The van der Waals surface area contributed by atoms with Crippen LogP contribution in [0.3, 0.4) is 0 Å². The van der Waals surface area contributed by atoms with Crippen LogP contribution in [0.15, 0.2) is 67.0 Å². The van der Waals surface area contributed by atoms with Crippen LogP contribution in [0, 0.1) is 12.7 Å². The normalized spacial score (nSPS) is 10.9. The van der Waals surface area contributed by atoms with Gasteiger partial charge in [-0.1, -0.05) is 18.2 Å². The molecule has 0 aliphatic rings. The monoisotopic (exact) mass is 358 g/mol. The summed E-state index contributed by atoms with van der Waals surface area (Å²) in [5.74, 6) is 0.496. The van der Waals surface area contributed by atoms with Crippen LogP contribution in [0.2, 0.25) is 0 Å². The number of imidazole rings is 1. The van der Waals surface area contributed by atoms with E-state index in [9.17, 15) is 4.39 Å². The number of nitrogens with zero attached hydrogens (tertiary/aromatic N) is 2. The van der Waals surface area contributed by atoms with Gasteiger partial charge in [0.05, 0.1) is 11.4 Å². The third-order valence-electron chi connectivity index (χ3n) is 4.57. The Hall–Kier alpha value is -3.31. The van der Waals surface area contributed by atoms with E-state index in [4.69, 9.17) is 10.7 Å². The fraction of sp³-hybridized carbons (Fsp3) is 0.0909. The van der Waals surface area contributed by atoms with E-state index >= 15 is 0 Å². The zero-order valence-electron chi connectivity index (χ0n) is 14.9. The molecule has 0 saturated carbocycles. The van der Waals surface area contributed by atoms with Gasteiger partial charge in [0.25, 0.3) is 0 Å². The molecule has 0 spiro atoms. The second-order valence-corrected chi connectivity index (χ2v) is 6.41. The lowest BCUT2D eigenvalue weighted by Gasteiger charge is -2.05. The molecule has 4 rings (SSSR count). The van der Waals surface area contributed by atoms with Gasteiger partial charge >= 0.3 is 0 Å². The van der Waals surface area contributed by atoms with Crippen molar-refractivity contribution in [1.29, 1.82) is 0 Å². The van der Waals surface area contributed by atoms with Gasteiger partial charge in [-0.15, -0.1) is 0 Å². The van der Waals surface area contributed by atoms with Crippen molar-refractivity contribution >= 4 is 0 Å². The number of aryl methyl sites for hydroxylation is 1. The SMILES string of the molecule is Cc1cc(CN)ccc1-c1nc(-c2ccc(F)cc2)c(-c2ccncc2)[nH]1. The van der Waals surface area contributed by atoms with E-state index in [1.165, 1.54) is 12.1 Å². The molecule has 3 N–H and O–H groups in total. The minimum Gasteiger partial charge on any atom is -0.337 e. The molecule has 4 aromatic rings. The summed E-state index contributed by atoms with van der Waals surface area (Å²) in [4.78, 5) is 12.4. The van der Waals surface area contributed by atoms with Gasteiger partial charge in [-0.05, 0) is 54.4 Å². The molecule has 0 amide bonds. The van der Waals surface area contributed by atoms with Gasteiger partial charge in [0.2, 0.25) is 0 Å². The van der Waals surface area contributed by atoms with Gasteiger partial charge in [-0.25, -0.2) is 9.37 Å². The second-order valence-electron chi connectivity index (χ2n) is 6.41. The number of nitrogens with two attached hydrogens (primary N) is 1. The minimum absolute atomic E-state index is 0.270. The number of H-pyrrole nitrogens is 1. The quantitative estimate of drug-likeness (QED) is 0.555. The molecule has 4 nitrogen and oxygen atoms in total. The summed E-state index contributed by atoms with van der Waals surface area (Å²) in [6, 6.07) is 16.3. The van der Waals surface area contributed by atoms with Crippen LogP contribution in [0.4, 0.5) is 4.39 Å². The molecule has 0 unspecified atom stereocenters. The van der Waals surface area contributed by atoms with E-state index in [0.29, 0.717) is 6.54 Å². The van der Waals surface area contributed by atoms with E-state index in [0.717, 1.165) is 45.0 Å². The first kappa shape index (κ1) is 17.1. The van der Waals surface area contributed by atoms with Crippen LogP contribution < -0.4 is 5.73 Å². The molecule has 2 aromatic heterocycles. The number of benzene rings is 2. The topological polar surface area (TPSA) is 67.6 Å². The molecule has 5 heteroatoms. The number of aromatic amines is 1. The predicted molar refractivity (Wildman–Crippen MR) is 105 cm³/mol. The van der Waals surface area contributed by atoms with Gasteiger partial charge in [0, 0.05) is 35.6 Å². The number of aromatic nitrogens is 3. The lowest BCUT2D eigenvalue weighted by Crippen LogP contribution is -1.97. The largest absolute Gasteiger partial charge is 0.337 e. The smallest absolute Gasteiger partial charge is 0.138 e. The molecule has 0 atom stereocenters. The molecule has 2 heterocycles. The summed E-state index contributed by atoms with van der Waals surface area (Å²) in [6.07, 6.45) is 3.48. The molecule has 2 aromatic carbocycles. The van der Waals surface area contributed by atoms with Gasteiger partial charge in [-0.2, -0.15) is 0 Å². The average Bonchev–Trinajstić information content (AvgIpc) is 3.14. The van der Waals surface area contributed by atoms with E-state index in [1.54, 1.807) is 24.5 Å². The maximum Gasteiger partial charge on any atom is 0.138 e. The standard InChI is InChI=1S/C22H19FN4/c1-14-12-15(13-24)2-7-19(14)22-26-20(16-3-5-18(23)6-4-16)21(27-22)17-8-10-25-11-9-17/h2-12H,13,24H2,1H3,(H,26,27). The molecule has 0 saturated heterocycles. The van der Waals surface area contributed by atoms with Crippen molar-refractivity contribution < 1.29 is 4.39 Å². The Bertz CT molecular complexity index is 1070. The van der Waals surface area contributed by atoms with Gasteiger partial charge in [-0.3, -0.25) is 4.98 Å². The molecular weight excluding hydrogens is 339 g/mol. The van der Waals surface area contributed by atoms with Crippen LogP contribution >= 0.6 is 0 Å². The van der Waals surface area contributed by atoms with Crippen LogP contribution in [0.1, 0.15) is 11.1 Å². The number of pyridine rings is 1. The number of hydrogen-bond donors (Lipinski definition) is 2. The Balaban J connectivity index is 1.89.